The zero-order chi connectivity index (χ0) is 34.9. The summed E-state index contributed by atoms with van der Waals surface area (Å²) in [6.45, 7) is 19.5. The van der Waals surface area contributed by atoms with Gasteiger partial charge >= 0.3 is 0 Å². The average molecular weight is 685 g/mol. The van der Waals surface area contributed by atoms with Gasteiger partial charge in [0, 0.05) is 28.3 Å². The number of aromatic nitrogens is 2. The van der Waals surface area contributed by atoms with Gasteiger partial charge in [0.15, 0.2) is 12.6 Å². The summed E-state index contributed by atoms with van der Waals surface area (Å²) in [5, 5.41) is 0. The SMILES string of the molecule is Cc1c(COc2ccc(C=O)c(OCC[Si](C)(C)C)n2)cccc1-c1cccc(COc2ccc(C=O)c(OCC[Si](C)(C)C)n2)c1C. The number of benzene rings is 2. The van der Waals surface area contributed by atoms with Gasteiger partial charge in [-0.05, 0) is 71.4 Å². The Kier molecular flexibility index (Phi) is 12.3. The molecule has 0 atom stereocenters. The third-order valence-electron chi connectivity index (χ3n) is 8.10. The molecule has 254 valence electrons. The molecule has 0 aliphatic heterocycles. The minimum atomic E-state index is -1.29. The number of ether oxygens (including phenoxy) is 4. The van der Waals surface area contributed by atoms with Crippen LogP contribution in [0.2, 0.25) is 51.4 Å². The summed E-state index contributed by atoms with van der Waals surface area (Å²) in [6, 6.07) is 21.1. The van der Waals surface area contributed by atoms with Crippen molar-refractivity contribution < 1.29 is 28.5 Å². The second-order valence-corrected chi connectivity index (χ2v) is 25.6. The highest BCUT2D eigenvalue weighted by Crippen LogP contribution is 2.32. The van der Waals surface area contributed by atoms with Crippen LogP contribution in [-0.4, -0.2) is 51.9 Å². The summed E-state index contributed by atoms with van der Waals surface area (Å²) in [5.41, 5.74) is 7.27. The summed E-state index contributed by atoms with van der Waals surface area (Å²) in [5.74, 6) is 1.43. The molecule has 0 spiro atoms. The fourth-order valence-corrected chi connectivity index (χ4v) is 6.34. The van der Waals surface area contributed by atoms with Gasteiger partial charge < -0.3 is 18.9 Å². The molecule has 0 radical (unpaired) electrons. The van der Waals surface area contributed by atoms with Gasteiger partial charge in [-0.1, -0.05) is 75.7 Å². The molecule has 4 rings (SSSR count). The van der Waals surface area contributed by atoms with Crippen molar-refractivity contribution in [1.82, 2.24) is 9.97 Å². The molecular weight excluding hydrogens is 637 g/mol. The lowest BCUT2D eigenvalue weighted by Crippen LogP contribution is -2.22. The van der Waals surface area contributed by atoms with Crippen LogP contribution >= 0.6 is 0 Å². The van der Waals surface area contributed by atoms with Crippen molar-refractivity contribution in [3.63, 3.8) is 0 Å². The van der Waals surface area contributed by atoms with Gasteiger partial charge in [-0.25, -0.2) is 0 Å². The van der Waals surface area contributed by atoms with E-state index in [0.717, 1.165) is 58.0 Å². The van der Waals surface area contributed by atoms with Crippen LogP contribution in [0.25, 0.3) is 11.1 Å². The van der Waals surface area contributed by atoms with E-state index in [1.807, 2.05) is 24.3 Å². The van der Waals surface area contributed by atoms with E-state index in [-0.39, 0.29) is 0 Å². The Morgan fingerprint density at radius 1 is 0.562 bits per heavy atom. The van der Waals surface area contributed by atoms with Crippen molar-refractivity contribution in [3.8, 4) is 34.6 Å². The van der Waals surface area contributed by atoms with Gasteiger partial charge in [-0.3, -0.25) is 9.59 Å². The molecular formula is C38H48N2O6Si2. The number of nitrogens with zero attached hydrogens (tertiary/aromatic N) is 2. The molecule has 48 heavy (non-hydrogen) atoms. The Labute approximate surface area is 286 Å². The van der Waals surface area contributed by atoms with Gasteiger partial charge in [0.25, 0.3) is 0 Å². The van der Waals surface area contributed by atoms with Crippen LogP contribution in [0.3, 0.4) is 0 Å². The first-order valence-corrected chi connectivity index (χ1v) is 23.8. The summed E-state index contributed by atoms with van der Waals surface area (Å²) < 4.78 is 24.0. The Hall–Kier alpha value is -4.29. The Morgan fingerprint density at radius 3 is 1.31 bits per heavy atom. The molecule has 0 fully saturated rings. The molecule has 0 unspecified atom stereocenters. The van der Waals surface area contributed by atoms with E-state index < -0.39 is 16.1 Å². The number of pyridine rings is 2. The fourth-order valence-electron chi connectivity index (χ4n) is 4.91. The molecule has 0 aliphatic rings. The first-order chi connectivity index (χ1) is 22.8. The molecule has 0 saturated carbocycles. The van der Waals surface area contributed by atoms with Gasteiger partial charge in [0.1, 0.15) is 13.2 Å². The van der Waals surface area contributed by atoms with Crippen LogP contribution < -0.4 is 18.9 Å². The predicted molar refractivity (Wildman–Crippen MR) is 197 cm³/mol. The highest BCUT2D eigenvalue weighted by Gasteiger charge is 2.17. The van der Waals surface area contributed by atoms with Crippen LogP contribution in [0.1, 0.15) is 43.0 Å². The molecule has 0 amide bonds. The minimum absolute atomic E-state index is 0.307. The van der Waals surface area contributed by atoms with Crippen molar-refractivity contribution in [3.05, 3.63) is 94.0 Å². The monoisotopic (exact) mass is 684 g/mol. The maximum Gasteiger partial charge on any atom is 0.227 e. The number of aldehydes is 2. The lowest BCUT2D eigenvalue weighted by atomic mass is 9.92. The van der Waals surface area contributed by atoms with Crippen LogP contribution in [0, 0.1) is 13.8 Å². The molecule has 0 bridgehead atoms. The molecule has 0 aliphatic carbocycles. The molecule has 2 aromatic heterocycles. The maximum atomic E-state index is 11.6. The standard InChI is InChI=1S/C38H48N2O6Si2/c1-27-31(25-45-35-17-15-29(23-41)37(39-35)43-19-21-47(3,4)5)11-9-13-33(27)34-14-10-12-32(28(34)2)26-46-36-18-16-30(24-42)38(40-36)44-20-22-48(6,7)8/h9-18,23-24H,19-22,25-26H2,1-8H3. The molecule has 10 heteroatoms. The maximum absolute atomic E-state index is 11.6. The average Bonchev–Trinajstić information content (AvgIpc) is 3.03. The smallest absolute Gasteiger partial charge is 0.227 e. The zero-order valence-electron chi connectivity index (χ0n) is 29.5. The lowest BCUT2D eigenvalue weighted by Gasteiger charge is -2.18. The number of carbonyl (C=O) groups is 2. The van der Waals surface area contributed by atoms with Crippen LogP contribution in [0.4, 0.5) is 0 Å². The molecule has 0 saturated heterocycles. The molecule has 0 N–H and O–H groups in total. The van der Waals surface area contributed by atoms with E-state index >= 15 is 0 Å². The van der Waals surface area contributed by atoms with Crippen molar-refractivity contribution >= 4 is 28.7 Å². The van der Waals surface area contributed by atoms with E-state index in [1.165, 1.54) is 0 Å². The van der Waals surface area contributed by atoms with Gasteiger partial charge in [0.2, 0.25) is 23.5 Å². The molecule has 8 nitrogen and oxygen atoms in total. The molecule has 2 aromatic carbocycles. The van der Waals surface area contributed by atoms with Gasteiger partial charge in [-0.2, -0.15) is 9.97 Å². The largest absolute Gasteiger partial charge is 0.477 e. The summed E-state index contributed by atoms with van der Waals surface area (Å²) in [7, 11) is -2.58. The van der Waals surface area contributed by atoms with Crippen LogP contribution in [-0.2, 0) is 13.2 Å². The third kappa shape index (κ3) is 10.4. The zero-order valence-corrected chi connectivity index (χ0v) is 31.5. The first kappa shape index (κ1) is 36.5. The van der Waals surface area contributed by atoms with E-state index in [0.29, 0.717) is 61.1 Å². The summed E-state index contributed by atoms with van der Waals surface area (Å²) in [4.78, 5) is 32.2. The summed E-state index contributed by atoms with van der Waals surface area (Å²) in [6.07, 6.45) is 1.52. The predicted octanol–water partition coefficient (Wildman–Crippen LogP) is 8.98. The van der Waals surface area contributed by atoms with Crippen LogP contribution in [0.15, 0.2) is 60.7 Å². The van der Waals surface area contributed by atoms with Crippen molar-refractivity contribution in [2.24, 2.45) is 0 Å². The van der Waals surface area contributed by atoms with E-state index in [1.54, 1.807) is 24.3 Å². The first-order valence-electron chi connectivity index (χ1n) is 16.4. The number of carbonyl (C=O) groups excluding carboxylic acids is 2. The second-order valence-electron chi connectivity index (χ2n) is 14.4. The molecule has 2 heterocycles. The highest BCUT2D eigenvalue weighted by atomic mass is 28.3. The van der Waals surface area contributed by atoms with Crippen molar-refractivity contribution in [1.29, 1.82) is 0 Å². The van der Waals surface area contributed by atoms with Crippen molar-refractivity contribution in [2.45, 2.75) is 78.4 Å². The Balaban J connectivity index is 1.46. The van der Waals surface area contributed by atoms with E-state index in [4.69, 9.17) is 18.9 Å². The Morgan fingerprint density at radius 2 is 0.958 bits per heavy atom. The quantitative estimate of drug-likeness (QED) is 0.0803. The lowest BCUT2D eigenvalue weighted by molar-refractivity contribution is 0.111. The number of rotatable bonds is 17. The minimum Gasteiger partial charge on any atom is -0.477 e. The second kappa shape index (κ2) is 16.2. The van der Waals surface area contributed by atoms with Gasteiger partial charge in [-0.15, -0.1) is 0 Å². The topological polar surface area (TPSA) is 96.8 Å². The Bertz CT molecular complexity index is 1600. The number of hydrogen-bond donors (Lipinski definition) is 0. The van der Waals surface area contributed by atoms with Gasteiger partial charge in [0.05, 0.1) is 24.3 Å². The van der Waals surface area contributed by atoms with E-state index in [2.05, 4.69) is 75.2 Å². The third-order valence-corrected chi connectivity index (χ3v) is 11.5. The van der Waals surface area contributed by atoms with Crippen LogP contribution in [0.5, 0.6) is 23.5 Å². The van der Waals surface area contributed by atoms with E-state index in [9.17, 15) is 9.59 Å². The number of hydrogen-bond acceptors (Lipinski definition) is 8. The summed E-state index contributed by atoms with van der Waals surface area (Å²) >= 11 is 0. The van der Waals surface area contributed by atoms with Crippen molar-refractivity contribution in [2.75, 3.05) is 13.2 Å². The normalized spacial score (nSPS) is 11.6. The molecule has 4 aromatic rings. The fraction of sp³-hybridized carbons (Fsp3) is 0.368. The highest BCUT2D eigenvalue weighted by molar-refractivity contribution is 6.76.